The fourth-order valence-corrected chi connectivity index (χ4v) is 1.80. The molecule has 0 bridgehead atoms. The lowest BCUT2D eigenvalue weighted by Crippen LogP contribution is -2.07. The average Bonchev–Trinajstić information content (AvgIpc) is 2.26. The molecule has 0 radical (unpaired) electrons. The number of rotatable bonds is 6. The fraction of sp³-hybridized carbons (Fsp3) is 0.500. The molecule has 1 atom stereocenters. The molecule has 0 aliphatic carbocycles. The molecular weight excluding hydrogens is 216 g/mol. The predicted molar refractivity (Wildman–Crippen MR) is 67.5 cm³/mol. The lowest BCUT2D eigenvalue weighted by atomic mass is 9.93. The van der Waals surface area contributed by atoms with Crippen LogP contribution in [0.2, 0.25) is 0 Å². The molecule has 94 valence electrons. The van der Waals surface area contributed by atoms with E-state index in [0.29, 0.717) is 0 Å². The lowest BCUT2D eigenvalue weighted by molar-refractivity contribution is -0.137. The molecule has 1 aromatic rings. The van der Waals surface area contributed by atoms with Gasteiger partial charge in [0, 0.05) is 0 Å². The summed E-state index contributed by atoms with van der Waals surface area (Å²) in [6, 6.07) is 7.71. The van der Waals surface area contributed by atoms with Crippen molar-refractivity contribution < 1.29 is 14.6 Å². The highest BCUT2D eigenvalue weighted by atomic mass is 16.5. The molecule has 0 spiro atoms. The van der Waals surface area contributed by atoms with Gasteiger partial charge in [-0.15, -0.1) is 0 Å². The number of aliphatic carboxylic acids is 1. The van der Waals surface area contributed by atoms with Crippen LogP contribution in [-0.2, 0) is 4.79 Å². The van der Waals surface area contributed by atoms with Crippen molar-refractivity contribution in [1.29, 1.82) is 0 Å². The van der Waals surface area contributed by atoms with E-state index in [0.717, 1.165) is 17.7 Å². The molecule has 0 saturated carbocycles. The summed E-state index contributed by atoms with van der Waals surface area (Å²) in [6.07, 6.45) is 1.17. The standard InChI is InChI=1S/C14H20O3/c1-4-11(9-14(15)16)12-5-7-13(8-6-12)17-10(2)3/h5-8,10-11H,4,9H2,1-3H3,(H,15,16). The van der Waals surface area contributed by atoms with Crippen LogP contribution in [0.1, 0.15) is 45.1 Å². The summed E-state index contributed by atoms with van der Waals surface area (Å²) in [4.78, 5) is 10.7. The number of carboxylic acid groups (broad SMARTS) is 1. The zero-order chi connectivity index (χ0) is 12.8. The molecule has 0 aromatic heterocycles. The fourth-order valence-electron chi connectivity index (χ4n) is 1.80. The van der Waals surface area contributed by atoms with Crippen molar-refractivity contribution in [2.24, 2.45) is 0 Å². The van der Waals surface area contributed by atoms with E-state index in [4.69, 9.17) is 9.84 Å². The van der Waals surface area contributed by atoms with Crippen LogP contribution >= 0.6 is 0 Å². The van der Waals surface area contributed by atoms with Crippen molar-refractivity contribution in [3.8, 4) is 5.75 Å². The van der Waals surface area contributed by atoms with E-state index >= 15 is 0 Å². The second-order valence-electron chi connectivity index (χ2n) is 4.44. The average molecular weight is 236 g/mol. The van der Waals surface area contributed by atoms with Gasteiger partial charge < -0.3 is 9.84 Å². The van der Waals surface area contributed by atoms with Crippen LogP contribution in [0, 0.1) is 0 Å². The van der Waals surface area contributed by atoms with Crippen molar-refractivity contribution in [3.63, 3.8) is 0 Å². The zero-order valence-electron chi connectivity index (χ0n) is 10.6. The van der Waals surface area contributed by atoms with Gasteiger partial charge in [0.2, 0.25) is 0 Å². The van der Waals surface area contributed by atoms with E-state index in [9.17, 15) is 4.79 Å². The first-order chi connectivity index (χ1) is 8.02. The minimum absolute atomic E-state index is 0.0839. The molecule has 0 amide bonds. The molecule has 1 N–H and O–H groups in total. The number of carboxylic acids is 1. The topological polar surface area (TPSA) is 46.5 Å². The van der Waals surface area contributed by atoms with Crippen molar-refractivity contribution in [2.75, 3.05) is 0 Å². The van der Waals surface area contributed by atoms with Crippen LogP contribution in [-0.4, -0.2) is 17.2 Å². The predicted octanol–water partition coefficient (Wildman–Crippen LogP) is 3.44. The molecule has 0 aliphatic heterocycles. The molecular formula is C14H20O3. The summed E-state index contributed by atoms with van der Waals surface area (Å²) in [6.45, 7) is 5.96. The third kappa shape index (κ3) is 4.47. The van der Waals surface area contributed by atoms with Gasteiger partial charge in [0.25, 0.3) is 0 Å². The maximum atomic E-state index is 10.7. The molecule has 3 heteroatoms. The van der Waals surface area contributed by atoms with Gasteiger partial charge in [-0.2, -0.15) is 0 Å². The second kappa shape index (κ2) is 6.28. The maximum absolute atomic E-state index is 10.7. The monoisotopic (exact) mass is 236 g/mol. The quantitative estimate of drug-likeness (QED) is 0.823. The van der Waals surface area contributed by atoms with Crippen molar-refractivity contribution in [2.45, 2.75) is 45.6 Å². The van der Waals surface area contributed by atoms with Gasteiger partial charge in [0.1, 0.15) is 5.75 Å². The van der Waals surface area contributed by atoms with E-state index in [1.807, 2.05) is 45.0 Å². The highest BCUT2D eigenvalue weighted by Gasteiger charge is 2.13. The summed E-state index contributed by atoms with van der Waals surface area (Å²) >= 11 is 0. The minimum atomic E-state index is -0.751. The molecule has 3 nitrogen and oxygen atoms in total. The van der Waals surface area contributed by atoms with Crippen molar-refractivity contribution in [1.82, 2.24) is 0 Å². The smallest absolute Gasteiger partial charge is 0.303 e. The number of carbonyl (C=O) groups is 1. The van der Waals surface area contributed by atoms with Gasteiger partial charge in [-0.25, -0.2) is 0 Å². The Morgan fingerprint density at radius 2 is 1.88 bits per heavy atom. The Kier molecular flexibility index (Phi) is 5.01. The first-order valence-electron chi connectivity index (χ1n) is 6.01. The van der Waals surface area contributed by atoms with Crippen molar-refractivity contribution >= 4 is 5.97 Å². The normalized spacial score (nSPS) is 12.5. The SMILES string of the molecule is CCC(CC(=O)O)c1ccc(OC(C)C)cc1. The summed E-state index contributed by atoms with van der Waals surface area (Å²) in [5, 5.41) is 8.83. The van der Waals surface area contributed by atoms with E-state index in [1.54, 1.807) is 0 Å². The van der Waals surface area contributed by atoms with Gasteiger partial charge in [-0.05, 0) is 43.9 Å². The molecule has 0 aliphatic rings. The van der Waals surface area contributed by atoms with Gasteiger partial charge >= 0.3 is 5.97 Å². The molecule has 1 unspecified atom stereocenters. The van der Waals surface area contributed by atoms with Gasteiger partial charge in [-0.3, -0.25) is 4.79 Å². The molecule has 0 heterocycles. The van der Waals surface area contributed by atoms with E-state index in [-0.39, 0.29) is 18.4 Å². The number of ether oxygens (including phenoxy) is 1. The number of benzene rings is 1. The van der Waals surface area contributed by atoms with Crippen LogP contribution in [0.4, 0.5) is 0 Å². The Morgan fingerprint density at radius 1 is 1.29 bits per heavy atom. The first kappa shape index (κ1) is 13.6. The van der Waals surface area contributed by atoms with Crippen molar-refractivity contribution in [3.05, 3.63) is 29.8 Å². The summed E-state index contributed by atoms with van der Waals surface area (Å²) in [7, 11) is 0. The third-order valence-electron chi connectivity index (χ3n) is 2.64. The highest BCUT2D eigenvalue weighted by Crippen LogP contribution is 2.25. The van der Waals surface area contributed by atoms with Crippen LogP contribution in [0.15, 0.2) is 24.3 Å². The molecule has 1 aromatic carbocycles. The Bertz CT molecular complexity index is 354. The minimum Gasteiger partial charge on any atom is -0.491 e. The van der Waals surface area contributed by atoms with Crippen LogP contribution < -0.4 is 4.74 Å². The Hall–Kier alpha value is -1.51. The summed E-state index contributed by atoms with van der Waals surface area (Å²) in [5.41, 5.74) is 1.06. The van der Waals surface area contributed by atoms with E-state index < -0.39 is 5.97 Å². The second-order valence-corrected chi connectivity index (χ2v) is 4.44. The molecule has 0 fully saturated rings. The molecule has 1 rings (SSSR count). The summed E-state index contributed by atoms with van der Waals surface area (Å²) in [5.74, 6) is 0.161. The van der Waals surface area contributed by atoms with Crippen LogP contribution in [0.25, 0.3) is 0 Å². The first-order valence-corrected chi connectivity index (χ1v) is 6.01. The number of hydrogen-bond acceptors (Lipinski definition) is 2. The Morgan fingerprint density at radius 3 is 2.29 bits per heavy atom. The van der Waals surface area contributed by atoms with E-state index in [1.165, 1.54) is 0 Å². The molecule has 0 saturated heterocycles. The Labute approximate surface area is 102 Å². The van der Waals surface area contributed by atoms with E-state index in [2.05, 4.69) is 0 Å². The van der Waals surface area contributed by atoms with Gasteiger partial charge in [0.15, 0.2) is 0 Å². The lowest BCUT2D eigenvalue weighted by Gasteiger charge is -2.14. The maximum Gasteiger partial charge on any atom is 0.303 e. The zero-order valence-corrected chi connectivity index (χ0v) is 10.6. The van der Waals surface area contributed by atoms with Crippen LogP contribution in [0.5, 0.6) is 5.75 Å². The third-order valence-corrected chi connectivity index (χ3v) is 2.64. The largest absolute Gasteiger partial charge is 0.491 e. The van der Waals surface area contributed by atoms with Gasteiger partial charge in [-0.1, -0.05) is 19.1 Å². The van der Waals surface area contributed by atoms with Crippen LogP contribution in [0.3, 0.4) is 0 Å². The highest BCUT2D eigenvalue weighted by molar-refractivity contribution is 5.68. The Balaban J connectivity index is 2.74. The van der Waals surface area contributed by atoms with Gasteiger partial charge in [0.05, 0.1) is 12.5 Å². The molecule has 17 heavy (non-hydrogen) atoms. The number of hydrogen-bond donors (Lipinski definition) is 1. The summed E-state index contributed by atoms with van der Waals surface area (Å²) < 4.78 is 5.55.